The quantitative estimate of drug-likeness (QED) is 0.555. The molecule has 0 spiro atoms. The molecule has 0 bridgehead atoms. The van der Waals surface area contributed by atoms with Gasteiger partial charge in [-0.3, -0.25) is 10.1 Å². The average molecular weight is 426 g/mol. The number of nitro groups is 1. The van der Waals surface area contributed by atoms with Crippen molar-refractivity contribution in [3.63, 3.8) is 0 Å². The molecule has 0 unspecified atom stereocenters. The van der Waals surface area contributed by atoms with Gasteiger partial charge in [0.2, 0.25) is 10.0 Å². The third-order valence-electron chi connectivity index (χ3n) is 4.11. The van der Waals surface area contributed by atoms with Gasteiger partial charge in [0, 0.05) is 36.7 Å². The first kappa shape index (κ1) is 17.8. The molecule has 0 aliphatic carbocycles. The van der Waals surface area contributed by atoms with Gasteiger partial charge in [-0.15, -0.1) is 0 Å². The van der Waals surface area contributed by atoms with Gasteiger partial charge in [0.1, 0.15) is 5.69 Å². The van der Waals surface area contributed by atoms with E-state index in [4.69, 9.17) is 0 Å². The Labute approximate surface area is 154 Å². The Bertz CT molecular complexity index is 879. The smallest absolute Gasteiger partial charge is 0.292 e. The number of benzene rings is 2. The van der Waals surface area contributed by atoms with Crippen LogP contribution in [0.5, 0.6) is 0 Å². The predicted octanol–water partition coefficient (Wildman–Crippen LogP) is 2.87. The lowest BCUT2D eigenvalue weighted by atomic mass is 10.2. The van der Waals surface area contributed by atoms with E-state index in [0.717, 1.165) is 4.47 Å². The average Bonchev–Trinajstić information content (AvgIpc) is 2.62. The number of sulfonamides is 1. The Kier molecular flexibility index (Phi) is 5.07. The zero-order valence-corrected chi connectivity index (χ0v) is 15.6. The maximum Gasteiger partial charge on any atom is 0.292 e. The highest BCUT2D eigenvalue weighted by atomic mass is 79.9. The van der Waals surface area contributed by atoms with Crippen molar-refractivity contribution >= 4 is 37.3 Å². The molecule has 0 atom stereocenters. The third kappa shape index (κ3) is 3.68. The molecule has 0 radical (unpaired) electrons. The summed E-state index contributed by atoms with van der Waals surface area (Å²) in [4.78, 5) is 12.9. The third-order valence-corrected chi connectivity index (χ3v) is 6.55. The number of hydrogen-bond donors (Lipinski definition) is 0. The lowest BCUT2D eigenvalue weighted by Gasteiger charge is -2.35. The van der Waals surface area contributed by atoms with Crippen molar-refractivity contribution in [3.8, 4) is 0 Å². The fourth-order valence-electron chi connectivity index (χ4n) is 2.81. The van der Waals surface area contributed by atoms with E-state index in [1.54, 1.807) is 42.5 Å². The second kappa shape index (κ2) is 7.11. The first-order valence-corrected chi connectivity index (χ1v) is 9.87. The van der Waals surface area contributed by atoms with Gasteiger partial charge in [-0.05, 0) is 30.3 Å². The van der Waals surface area contributed by atoms with E-state index in [-0.39, 0.29) is 23.7 Å². The van der Waals surface area contributed by atoms with E-state index in [9.17, 15) is 18.5 Å². The van der Waals surface area contributed by atoms with Crippen molar-refractivity contribution in [3.05, 3.63) is 63.1 Å². The fourth-order valence-corrected chi connectivity index (χ4v) is 4.50. The van der Waals surface area contributed by atoms with Crippen molar-refractivity contribution in [2.75, 3.05) is 31.1 Å². The van der Waals surface area contributed by atoms with Gasteiger partial charge < -0.3 is 4.90 Å². The van der Waals surface area contributed by atoms with Crippen LogP contribution in [-0.2, 0) is 10.0 Å². The van der Waals surface area contributed by atoms with Gasteiger partial charge in [0.05, 0.1) is 9.82 Å². The topological polar surface area (TPSA) is 83.8 Å². The van der Waals surface area contributed by atoms with E-state index in [2.05, 4.69) is 15.9 Å². The molecule has 1 saturated heterocycles. The zero-order valence-electron chi connectivity index (χ0n) is 13.2. The molecule has 9 heteroatoms. The summed E-state index contributed by atoms with van der Waals surface area (Å²) in [6.45, 7) is 1.37. The Morgan fingerprint density at radius 2 is 1.56 bits per heavy atom. The lowest BCUT2D eigenvalue weighted by molar-refractivity contribution is -0.384. The first-order valence-electron chi connectivity index (χ1n) is 7.64. The minimum Gasteiger partial charge on any atom is -0.363 e. The summed E-state index contributed by atoms with van der Waals surface area (Å²) >= 11 is 3.29. The number of nitrogens with zero attached hydrogens (tertiary/aromatic N) is 3. The predicted molar refractivity (Wildman–Crippen MR) is 98.2 cm³/mol. The maximum atomic E-state index is 12.7. The molecule has 2 aromatic rings. The van der Waals surface area contributed by atoms with Crippen LogP contribution in [0.3, 0.4) is 0 Å². The van der Waals surface area contributed by atoms with Crippen molar-refractivity contribution in [2.45, 2.75) is 4.90 Å². The molecular formula is C16H16BrN3O4S. The van der Waals surface area contributed by atoms with Crippen LogP contribution in [0.25, 0.3) is 0 Å². The molecule has 0 amide bonds. The summed E-state index contributed by atoms with van der Waals surface area (Å²) in [7, 11) is -3.56. The summed E-state index contributed by atoms with van der Waals surface area (Å²) in [5.41, 5.74) is 0.555. The molecule has 0 aromatic heterocycles. The van der Waals surface area contributed by atoms with E-state index < -0.39 is 14.9 Å². The number of nitro benzene ring substituents is 1. The van der Waals surface area contributed by atoms with E-state index in [1.165, 1.54) is 10.4 Å². The van der Waals surface area contributed by atoms with Crippen LogP contribution < -0.4 is 4.90 Å². The standard InChI is InChI=1S/C16H16BrN3O4S/c17-13-5-7-14(8-6-13)25(23,24)19-11-9-18(10-12-19)15-3-1-2-4-16(15)20(21)22/h1-8H,9-12H2. The monoisotopic (exact) mass is 425 g/mol. The molecule has 3 rings (SSSR count). The largest absolute Gasteiger partial charge is 0.363 e. The molecule has 25 heavy (non-hydrogen) atoms. The molecule has 1 aliphatic heterocycles. The molecule has 1 aliphatic rings. The van der Waals surface area contributed by atoms with Crippen LogP contribution in [0.1, 0.15) is 0 Å². The number of piperazine rings is 1. The van der Waals surface area contributed by atoms with Crippen molar-refractivity contribution in [1.82, 2.24) is 4.31 Å². The number of para-hydroxylation sites is 2. The van der Waals surface area contributed by atoms with Gasteiger partial charge in [0.25, 0.3) is 5.69 Å². The molecular weight excluding hydrogens is 410 g/mol. The highest BCUT2D eigenvalue weighted by molar-refractivity contribution is 9.10. The Morgan fingerprint density at radius 3 is 2.16 bits per heavy atom. The SMILES string of the molecule is O=[N+]([O-])c1ccccc1N1CCN(S(=O)(=O)c2ccc(Br)cc2)CC1. The fraction of sp³-hybridized carbons (Fsp3) is 0.250. The summed E-state index contributed by atoms with van der Waals surface area (Å²) in [6.07, 6.45) is 0. The van der Waals surface area contributed by atoms with E-state index in [0.29, 0.717) is 18.8 Å². The van der Waals surface area contributed by atoms with E-state index >= 15 is 0 Å². The summed E-state index contributed by atoms with van der Waals surface area (Å²) in [5, 5.41) is 11.2. The summed E-state index contributed by atoms with van der Waals surface area (Å²) in [6, 6.07) is 13.0. The van der Waals surface area contributed by atoms with E-state index in [1.807, 2.05) is 4.90 Å². The molecule has 2 aromatic carbocycles. The minimum atomic E-state index is -3.56. The minimum absolute atomic E-state index is 0.0340. The van der Waals surface area contributed by atoms with Crippen molar-refractivity contribution in [2.24, 2.45) is 0 Å². The van der Waals surface area contributed by atoms with Crippen LogP contribution in [-0.4, -0.2) is 43.8 Å². The first-order chi connectivity index (χ1) is 11.9. The Balaban J connectivity index is 1.76. The van der Waals surface area contributed by atoms with Crippen molar-refractivity contribution in [1.29, 1.82) is 0 Å². The molecule has 1 heterocycles. The second-order valence-corrected chi connectivity index (χ2v) is 8.44. The maximum absolute atomic E-state index is 12.7. The number of anilines is 1. The molecule has 7 nitrogen and oxygen atoms in total. The lowest BCUT2D eigenvalue weighted by Crippen LogP contribution is -2.48. The highest BCUT2D eigenvalue weighted by Gasteiger charge is 2.30. The van der Waals surface area contributed by atoms with Gasteiger partial charge in [0.15, 0.2) is 0 Å². The van der Waals surface area contributed by atoms with Crippen LogP contribution in [0.2, 0.25) is 0 Å². The van der Waals surface area contributed by atoms with Gasteiger partial charge in [-0.1, -0.05) is 28.1 Å². The van der Waals surface area contributed by atoms with Gasteiger partial charge in [-0.25, -0.2) is 8.42 Å². The number of hydrogen-bond acceptors (Lipinski definition) is 5. The zero-order chi connectivity index (χ0) is 18.0. The van der Waals surface area contributed by atoms with Crippen LogP contribution in [0, 0.1) is 10.1 Å². The van der Waals surface area contributed by atoms with Crippen LogP contribution in [0.4, 0.5) is 11.4 Å². The summed E-state index contributed by atoms with van der Waals surface area (Å²) in [5.74, 6) is 0. The normalized spacial score (nSPS) is 16.0. The van der Waals surface area contributed by atoms with Crippen LogP contribution >= 0.6 is 15.9 Å². The number of rotatable bonds is 4. The van der Waals surface area contributed by atoms with Gasteiger partial charge in [-0.2, -0.15) is 4.31 Å². The second-order valence-electron chi connectivity index (χ2n) is 5.59. The molecule has 0 saturated carbocycles. The van der Waals surface area contributed by atoms with Gasteiger partial charge >= 0.3 is 0 Å². The molecule has 1 fully saturated rings. The van der Waals surface area contributed by atoms with Crippen LogP contribution in [0.15, 0.2) is 57.9 Å². The highest BCUT2D eigenvalue weighted by Crippen LogP contribution is 2.29. The Hall–Kier alpha value is -1.97. The molecule has 132 valence electrons. The Morgan fingerprint density at radius 1 is 0.960 bits per heavy atom. The van der Waals surface area contributed by atoms with Crippen molar-refractivity contribution < 1.29 is 13.3 Å². The molecule has 0 N–H and O–H groups in total. The number of halogens is 1. The summed E-state index contributed by atoms with van der Waals surface area (Å²) < 4.78 is 27.6.